The third kappa shape index (κ3) is 5.71. The van der Waals surface area contributed by atoms with Crippen LogP contribution >= 0.6 is 0 Å². The van der Waals surface area contributed by atoms with Crippen molar-refractivity contribution >= 4 is 29.6 Å². The molecule has 1 fully saturated rings. The lowest BCUT2D eigenvalue weighted by molar-refractivity contribution is -0.122. The second-order valence-electron chi connectivity index (χ2n) is 7.73. The normalized spacial score (nSPS) is 15.1. The molecule has 0 spiro atoms. The average molecular weight is 453 g/mol. The summed E-state index contributed by atoms with van der Waals surface area (Å²) in [7, 11) is 0. The molecule has 174 valence electrons. The monoisotopic (exact) mass is 452 g/mol. The highest BCUT2D eigenvalue weighted by Gasteiger charge is 2.38. The van der Waals surface area contributed by atoms with E-state index in [0.29, 0.717) is 48.6 Å². The number of benzene rings is 2. The lowest BCUT2D eigenvalue weighted by Gasteiger charge is -2.28. The van der Waals surface area contributed by atoms with Crippen LogP contribution in [0.4, 0.5) is 10.5 Å². The number of hydrogen-bond donors (Lipinski definition) is 1. The summed E-state index contributed by atoms with van der Waals surface area (Å²) in [6.07, 6.45) is 1.44. The first kappa shape index (κ1) is 23.8. The molecular weight excluding hydrogens is 424 g/mol. The topological polar surface area (TPSA) is 94.2 Å². The van der Waals surface area contributed by atoms with Crippen molar-refractivity contribution in [1.29, 1.82) is 0 Å². The zero-order valence-electron chi connectivity index (χ0n) is 19.2. The van der Waals surface area contributed by atoms with E-state index in [0.717, 1.165) is 4.90 Å². The van der Waals surface area contributed by atoms with Gasteiger partial charge in [-0.1, -0.05) is 26.0 Å². The number of carbonyl (C=O) groups is 3. The maximum absolute atomic E-state index is 13.3. The van der Waals surface area contributed by atoms with E-state index in [-0.39, 0.29) is 11.3 Å². The van der Waals surface area contributed by atoms with Crippen LogP contribution in [0.1, 0.15) is 33.3 Å². The van der Waals surface area contributed by atoms with Crippen molar-refractivity contribution in [2.75, 3.05) is 24.7 Å². The summed E-state index contributed by atoms with van der Waals surface area (Å²) in [6, 6.07) is 11.0. The van der Waals surface area contributed by atoms with Gasteiger partial charge in [0, 0.05) is 6.07 Å². The number of amides is 4. The lowest BCUT2D eigenvalue weighted by Crippen LogP contribution is -2.54. The number of imide groups is 2. The molecule has 0 saturated carbocycles. The summed E-state index contributed by atoms with van der Waals surface area (Å²) in [5, 5.41) is 2.23. The Balaban J connectivity index is 1.94. The molecule has 2 aromatic carbocycles. The molecule has 1 heterocycles. The maximum Gasteiger partial charge on any atom is 0.336 e. The number of anilines is 1. The van der Waals surface area contributed by atoms with E-state index < -0.39 is 17.8 Å². The van der Waals surface area contributed by atoms with E-state index in [2.05, 4.69) is 19.2 Å². The SMILES string of the molecule is CCOc1ccc(OCC)c(N2C(=O)NC(=O)/C(=C\c3ccc(OCC(C)C)cc3)C2=O)c1. The first-order chi connectivity index (χ1) is 15.8. The lowest BCUT2D eigenvalue weighted by atomic mass is 10.1. The summed E-state index contributed by atoms with van der Waals surface area (Å²) in [6.45, 7) is 9.06. The summed E-state index contributed by atoms with van der Waals surface area (Å²) in [5.74, 6) is 0.359. The van der Waals surface area contributed by atoms with Crippen LogP contribution < -0.4 is 24.4 Å². The first-order valence-electron chi connectivity index (χ1n) is 10.9. The Kier molecular flexibility index (Phi) is 7.71. The molecule has 0 unspecified atom stereocenters. The number of barbiturate groups is 1. The van der Waals surface area contributed by atoms with Crippen molar-refractivity contribution in [2.45, 2.75) is 27.7 Å². The first-order valence-corrected chi connectivity index (χ1v) is 10.9. The highest BCUT2D eigenvalue weighted by Crippen LogP contribution is 2.35. The Bertz CT molecular complexity index is 1060. The molecule has 2 aromatic rings. The number of hydrogen-bond acceptors (Lipinski definition) is 6. The van der Waals surface area contributed by atoms with E-state index in [1.807, 2.05) is 6.92 Å². The number of nitrogens with zero attached hydrogens (tertiary/aromatic N) is 1. The molecule has 3 rings (SSSR count). The van der Waals surface area contributed by atoms with Gasteiger partial charge in [0.1, 0.15) is 22.8 Å². The van der Waals surface area contributed by atoms with Crippen LogP contribution in [-0.2, 0) is 9.59 Å². The molecular formula is C25H28N2O6. The summed E-state index contributed by atoms with van der Waals surface area (Å²) in [4.78, 5) is 39.3. The van der Waals surface area contributed by atoms with Gasteiger partial charge in [0.2, 0.25) is 0 Å². The van der Waals surface area contributed by atoms with Gasteiger partial charge in [-0.25, -0.2) is 9.69 Å². The van der Waals surface area contributed by atoms with Crippen LogP contribution in [0, 0.1) is 5.92 Å². The molecule has 1 N–H and O–H groups in total. The van der Waals surface area contributed by atoms with Crippen molar-refractivity contribution in [3.8, 4) is 17.2 Å². The minimum atomic E-state index is -0.853. The zero-order valence-corrected chi connectivity index (χ0v) is 19.2. The van der Waals surface area contributed by atoms with E-state index in [1.54, 1.807) is 49.4 Å². The summed E-state index contributed by atoms with van der Waals surface area (Å²) in [5.41, 5.74) is 0.642. The van der Waals surface area contributed by atoms with Gasteiger partial charge in [0.15, 0.2) is 0 Å². The van der Waals surface area contributed by atoms with Crippen LogP contribution in [0.15, 0.2) is 48.0 Å². The molecule has 33 heavy (non-hydrogen) atoms. The van der Waals surface area contributed by atoms with E-state index >= 15 is 0 Å². The van der Waals surface area contributed by atoms with E-state index in [9.17, 15) is 14.4 Å². The van der Waals surface area contributed by atoms with Crippen LogP contribution in [0.2, 0.25) is 0 Å². The zero-order chi connectivity index (χ0) is 24.0. The minimum Gasteiger partial charge on any atom is -0.494 e. The summed E-state index contributed by atoms with van der Waals surface area (Å²) >= 11 is 0. The number of urea groups is 1. The van der Waals surface area contributed by atoms with Crippen molar-refractivity contribution < 1.29 is 28.6 Å². The Labute approximate surface area is 193 Å². The van der Waals surface area contributed by atoms with Crippen LogP contribution in [0.3, 0.4) is 0 Å². The van der Waals surface area contributed by atoms with Crippen molar-refractivity contribution in [2.24, 2.45) is 5.92 Å². The van der Waals surface area contributed by atoms with Crippen molar-refractivity contribution in [1.82, 2.24) is 5.32 Å². The van der Waals surface area contributed by atoms with Crippen molar-refractivity contribution in [3.05, 3.63) is 53.6 Å². The second-order valence-corrected chi connectivity index (χ2v) is 7.73. The van der Waals surface area contributed by atoms with Crippen LogP contribution in [0.25, 0.3) is 6.08 Å². The Morgan fingerprint density at radius 1 is 0.909 bits per heavy atom. The van der Waals surface area contributed by atoms with Gasteiger partial charge in [-0.05, 0) is 55.7 Å². The van der Waals surface area contributed by atoms with Crippen LogP contribution in [-0.4, -0.2) is 37.7 Å². The van der Waals surface area contributed by atoms with E-state index in [4.69, 9.17) is 14.2 Å². The highest BCUT2D eigenvalue weighted by atomic mass is 16.5. The predicted molar refractivity (Wildman–Crippen MR) is 125 cm³/mol. The minimum absolute atomic E-state index is 0.172. The molecule has 1 aliphatic heterocycles. The molecule has 4 amide bonds. The van der Waals surface area contributed by atoms with Gasteiger partial charge in [-0.3, -0.25) is 14.9 Å². The van der Waals surface area contributed by atoms with E-state index in [1.165, 1.54) is 6.08 Å². The number of nitrogens with one attached hydrogen (secondary N) is 1. The predicted octanol–water partition coefficient (Wildman–Crippen LogP) is 4.19. The molecule has 0 aromatic heterocycles. The average Bonchev–Trinajstić information content (AvgIpc) is 2.78. The molecule has 8 nitrogen and oxygen atoms in total. The Morgan fingerprint density at radius 2 is 1.58 bits per heavy atom. The number of ether oxygens (including phenoxy) is 3. The third-order valence-electron chi connectivity index (χ3n) is 4.66. The maximum atomic E-state index is 13.3. The number of rotatable bonds is 9. The highest BCUT2D eigenvalue weighted by molar-refractivity contribution is 6.39. The van der Waals surface area contributed by atoms with Gasteiger partial charge < -0.3 is 14.2 Å². The fourth-order valence-corrected chi connectivity index (χ4v) is 3.17. The molecule has 1 saturated heterocycles. The van der Waals surface area contributed by atoms with Crippen molar-refractivity contribution in [3.63, 3.8) is 0 Å². The Morgan fingerprint density at radius 3 is 2.21 bits per heavy atom. The summed E-state index contributed by atoms with van der Waals surface area (Å²) < 4.78 is 16.8. The third-order valence-corrected chi connectivity index (χ3v) is 4.66. The quantitative estimate of drug-likeness (QED) is 0.453. The fourth-order valence-electron chi connectivity index (χ4n) is 3.17. The van der Waals surface area contributed by atoms with Gasteiger partial charge in [-0.2, -0.15) is 0 Å². The smallest absolute Gasteiger partial charge is 0.336 e. The molecule has 1 aliphatic rings. The largest absolute Gasteiger partial charge is 0.494 e. The molecule has 0 radical (unpaired) electrons. The molecule has 0 bridgehead atoms. The fraction of sp³-hybridized carbons (Fsp3) is 0.320. The van der Waals surface area contributed by atoms with Gasteiger partial charge >= 0.3 is 6.03 Å². The second kappa shape index (κ2) is 10.7. The number of carbonyl (C=O) groups excluding carboxylic acids is 3. The van der Waals surface area contributed by atoms with Crippen LogP contribution in [0.5, 0.6) is 17.2 Å². The molecule has 0 aliphatic carbocycles. The molecule has 8 heteroatoms. The van der Waals surface area contributed by atoms with Gasteiger partial charge in [0.25, 0.3) is 11.8 Å². The molecule has 0 atom stereocenters. The Hall–Kier alpha value is -3.81. The van der Waals surface area contributed by atoms with Gasteiger partial charge in [-0.15, -0.1) is 0 Å². The standard InChI is InChI=1S/C25H28N2O6/c1-5-31-19-11-12-22(32-6-2)21(14-19)27-24(29)20(23(28)26-25(27)30)13-17-7-9-18(10-8-17)33-15-16(3)4/h7-14,16H,5-6,15H2,1-4H3,(H,26,28,30)/b20-13+. The van der Waals surface area contributed by atoms with Gasteiger partial charge in [0.05, 0.1) is 25.5 Å².